The first-order valence-electron chi connectivity index (χ1n) is 17.9. The molecule has 0 radical (unpaired) electrons. The number of rotatable bonds is 15. The van der Waals surface area contributed by atoms with E-state index in [9.17, 15) is 9.59 Å². The van der Waals surface area contributed by atoms with E-state index in [2.05, 4.69) is 100 Å². The molecule has 1 amide bonds. The molecule has 1 fully saturated rings. The molecule has 6 nitrogen and oxygen atoms in total. The molecule has 2 heterocycles. The summed E-state index contributed by atoms with van der Waals surface area (Å²) in [6.45, 7) is 8.81. The molecule has 6 rings (SSSR count). The quantitative estimate of drug-likeness (QED) is 0.0551. The summed E-state index contributed by atoms with van der Waals surface area (Å²) in [6.07, 6.45) is 1.02. The third-order valence-electron chi connectivity index (χ3n) is 10.9. The number of hydrogen-bond acceptors (Lipinski definition) is 5. The van der Waals surface area contributed by atoms with Crippen LogP contribution in [0.2, 0.25) is 18.1 Å². The average Bonchev–Trinajstić information content (AvgIpc) is 3.49. The zero-order valence-corrected chi connectivity index (χ0v) is 31.8. The van der Waals surface area contributed by atoms with Gasteiger partial charge in [-0.25, -0.2) is 4.79 Å². The Morgan fingerprint density at radius 3 is 1.76 bits per heavy atom. The van der Waals surface area contributed by atoms with Gasteiger partial charge in [0.1, 0.15) is 41.2 Å². The van der Waals surface area contributed by atoms with Crippen LogP contribution in [-0.4, -0.2) is 50.5 Å². The van der Waals surface area contributed by atoms with Crippen LogP contribution in [0.3, 0.4) is 0 Å². The third-order valence-corrected chi connectivity index (χ3v) is 20.0. The Balaban J connectivity index is 1.43. The minimum atomic E-state index is -2.34. The van der Waals surface area contributed by atoms with Crippen LogP contribution in [0.25, 0.3) is 0 Å². The van der Waals surface area contributed by atoms with Crippen molar-refractivity contribution in [2.45, 2.75) is 71.0 Å². The van der Waals surface area contributed by atoms with Crippen molar-refractivity contribution in [1.29, 1.82) is 0 Å². The Labute approximate surface area is 298 Å². The molecular weight excluding hydrogens is 658 g/mol. The average molecular weight is 707 g/mol. The maximum atomic E-state index is 14.3. The fraction of sp³-hybridized carbons (Fsp3) is 0.333. The molecule has 0 saturated carbocycles. The zero-order valence-electron chi connectivity index (χ0n) is 29.9. The first-order valence-corrected chi connectivity index (χ1v) is 22.4. The van der Waals surface area contributed by atoms with Crippen molar-refractivity contribution in [3.8, 4) is 5.75 Å². The molecule has 0 spiro atoms. The van der Waals surface area contributed by atoms with E-state index in [1.807, 2.05) is 42.5 Å². The zero-order chi connectivity index (χ0) is 35.3. The summed E-state index contributed by atoms with van der Waals surface area (Å²) in [5.41, 5.74) is 2.24. The maximum Gasteiger partial charge on any atom is 0.355 e. The van der Waals surface area contributed by atoms with Crippen molar-refractivity contribution < 1.29 is 23.5 Å². The van der Waals surface area contributed by atoms with Crippen LogP contribution in [0.5, 0.6) is 5.75 Å². The Bertz CT molecular complexity index is 1690. The molecule has 260 valence electrons. The van der Waals surface area contributed by atoms with Crippen LogP contribution in [0, 0.1) is 5.92 Å². The summed E-state index contributed by atoms with van der Waals surface area (Å²) in [6, 6.07) is 42.4. The van der Waals surface area contributed by atoms with Gasteiger partial charge in [0.25, 0.3) is 0 Å². The predicted octanol–water partition coefficient (Wildman–Crippen LogP) is 7.63. The highest BCUT2D eigenvalue weighted by molar-refractivity contribution is 7.95. The molecular formula is C42H49NO5PSi+. The lowest BCUT2D eigenvalue weighted by Crippen LogP contribution is -2.63. The van der Waals surface area contributed by atoms with E-state index >= 15 is 0 Å². The smallest absolute Gasteiger partial charge is 0.355 e. The molecule has 2 aliphatic heterocycles. The van der Waals surface area contributed by atoms with E-state index in [0.29, 0.717) is 18.3 Å². The molecule has 1 saturated heterocycles. The molecule has 8 heteroatoms. The number of ether oxygens (including phenoxy) is 2. The summed E-state index contributed by atoms with van der Waals surface area (Å²) in [5.74, 6) is -0.0542. The van der Waals surface area contributed by atoms with Crippen molar-refractivity contribution in [3.63, 3.8) is 0 Å². The monoisotopic (exact) mass is 706 g/mol. The molecule has 2 aliphatic rings. The van der Waals surface area contributed by atoms with E-state index in [1.54, 1.807) is 12.0 Å². The minimum Gasteiger partial charge on any atom is -0.497 e. The second kappa shape index (κ2) is 15.5. The van der Waals surface area contributed by atoms with Crippen molar-refractivity contribution in [2.75, 3.05) is 13.3 Å². The number of carbonyl (C=O) groups is 2. The van der Waals surface area contributed by atoms with E-state index in [1.165, 1.54) is 15.9 Å². The number of amides is 1. The molecule has 50 heavy (non-hydrogen) atoms. The van der Waals surface area contributed by atoms with Gasteiger partial charge < -0.3 is 18.8 Å². The minimum absolute atomic E-state index is 0.0387. The number of nitrogens with zero attached hydrogens (tertiary/aromatic N) is 1. The number of carbonyl (C=O) groups excluding carboxylic acids is 2. The Morgan fingerprint density at radius 1 is 0.800 bits per heavy atom. The molecule has 0 bridgehead atoms. The summed E-state index contributed by atoms with van der Waals surface area (Å²) in [7, 11) is -2.68. The van der Waals surface area contributed by atoms with Gasteiger partial charge >= 0.3 is 5.97 Å². The number of fused-ring (bicyclic) bond motifs is 1. The number of hydrogen-bond donors (Lipinski definition) is 0. The van der Waals surface area contributed by atoms with Crippen molar-refractivity contribution >= 4 is 43.4 Å². The lowest BCUT2D eigenvalue weighted by molar-refractivity contribution is -0.162. The fourth-order valence-corrected chi connectivity index (χ4v) is 15.2. The lowest BCUT2D eigenvalue weighted by Gasteiger charge is -2.48. The molecule has 4 aromatic carbocycles. The lowest BCUT2D eigenvalue weighted by atomic mass is 9.83. The van der Waals surface area contributed by atoms with Gasteiger partial charge in [0.2, 0.25) is 5.91 Å². The Hall–Kier alpha value is -4.03. The maximum absolute atomic E-state index is 14.3. The van der Waals surface area contributed by atoms with Crippen molar-refractivity contribution in [1.82, 2.24) is 4.90 Å². The Morgan fingerprint density at radius 2 is 1.30 bits per heavy atom. The van der Waals surface area contributed by atoms with Crippen LogP contribution >= 0.6 is 7.26 Å². The van der Waals surface area contributed by atoms with E-state index in [0.717, 1.165) is 35.0 Å². The molecule has 3 atom stereocenters. The molecule has 0 aromatic heterocycles. The van der Waals surface area contributed by atoms with Gasteiger partial charge in [0.05, 0.1) is 31.3 Å². The van der Waals surface area contributed by atoms with Gasteiger partial charge in [-0.2, -0.15) is 0 Å². The number of esters is 1. The summed E-state index contributed by atoms with van der Waals surface area (Å²) in [5, 5.41) is 3.69. The number of methoxy groups -OCH3 is 1. The van der Waals surface area contributed by atoms with Gasteiger partial charge in [-0.3, -0.25) is 4.79 Å². The fourth-order valence-electron chi connectivity index (χ4n) is 7.94. The van der Waals surface area contributed by atoms with Crippen LogP contribution in [0.1, 0.15) is 39.7 Å². The predicted molar refractivity (Wildman–Crippen MR) is 206 cm³/mol. The largest absolute Gasteiger partial charge is 0.497 e. The number of β-lactam (4-membered cyclic amide) rings is 1. The van der Waals surface area contributed by atoms with Gasteiger partial charge in [-0.1, -0.05) is 87.5 Å². The van der Waals surface area contributed by atoms with Gasteiger partial charge in [-0.05, 0) is 85.6 Å². The highest BCUT2D eigenvalue weighted by Gasteiger charge is 2.60. The first-order chi connectivity index (χ1) is 24.3. The van der Waals surface area contributed by atoms with Crippen LogP contribution in [0.15, 0.2) is 127 Å². The second-order valence-corrected chi connectivity index (χ2v) is 21.6. The molecule has 0 N–H and O–H groups in total. The van der Waals surface area contributed by atoms with Crippen LogP contribution in [-0.2, 0) is 25.4 Å². The summed E-state index contributed by atoms with van der Waals surface area (Å²) < 4.78 is 18.2. The van der Waals surface area contributed by atoms with E-state index in [-0.39, 0.29) is 30.6 Å². The summed E-state index contributed by atoms with van der Waals surface area (Å²) >= 11 is 0. The van der Waals surface area contributed by atoms with Crippen LogP contribution in [0.4, 0.5) is 0 Å². The highest BCUT2D eigenvalue weighted by atomic mass is 31.2. The van der Waals surface area contributed by atoms with Crippen molar-refractivity contribution in [2.24, 2.45) is 5.92 Å². The SMILES string of the molecule is CC[Si](CC)(CC)O[C@H](C)[C@H]1C(=O)N2C(C(=O)OCc3ccc(OC)cc3)=C(C[P+](c3ccccc3)(c3ccccc3)c3ccccc3)C[C@H]12. The standard InChI is InChI=1S/C42H49NO5PSi/c1-6-50(7-2,8-3)48-31(4)39-38-28-33(40(43(38)41(39)44)42(45)47-29-32-24-26-34(46-5)27-25-32)30-49(35-18-12-9-13-19-35,36-20-14-10-15-21-36)37-22-16-11-17-23-37/h9-27,31,38-39H,6-8,28-30H2,1-5H3/q+1/t31-,38-,39-/m1/s1. The van der Waals surface area contributed by atoms with Gasteiger partial charge in [0, 0.05) is 5.57 Å². The first kappa shape index (κ1) is 35.8. The molecule has 4 aromatic rings. The van der Waals surface area contributed by atoms with Gasteiger partial charge in [0.15, 0.2) is 8.32 Å². The highest BCUT2D eigenvalue weighted by Crippen LogP contribution is 2.59. The van der Waals surface area contributed by atoms with Crippen LogP contribution < -0.4 is 20.7 Å². The third kappa shape index (κ3) is 6.71. The molecule has 0 unspecified atom stereocenters. The summed E-state index contributed by atoms with van der Waals surface area (Å²) in [4.78, 5) is 30.3. The second-order valence-electron chi connectivity index (χ2n) is 13.4. The van der Waals surface area contributed by atoms with Gasteiger partial charge in [-0.15, -0.1) is 0 Å². The van der Waals surface area contributed by atoms with E-state index < -0.39 is 21.5 Å². The Kier molecular flexibility index (Phi) is 11.1. The van der Waals surface area contributed by atoms with Crippen molar-refractivity contribution in [3.05, 3.63) is 132 Å². The molecule has 0 aliphatic carbocycles. The normalized spacial score (nSPS) is 18.0. The topological polar surface area (TPSA) is 65.1 Å². The number of benzene rings is 4. The van der Waals surface area contributed by atoms with E-state index in [4.69, 9.17) is 13.9 Å².